The lowest BCUT2D eigenvalue weighted by Crippen LogP contribution is -2.36. The van der Waals surface area contributed by atoms with Gasteiger partial charge in [0.15, 0.2) is 0 Å². The van der Waals surface area contributed by atoms with E-state index in [1.165, 1.54) is 36.4 Å². The molecule has 0 N–H and O–H groups in total. The van der Waals surface area contributed by atoms with Crippen molar-refractivity contribution in [3.05, 3.63) is 53.6 Å². The third-order valence-electron chi connectivity index (χ3n) is 4.02. The van der Waals surface area contributed by atoms with Crippen LogP contribution in [0.1, 0.15) is 11.1 Å². The highest BCUT2D eigenvalue weighted by Gasteiger charge is 2.24. The summed E-state index contributed by atoms with van der Waals surface area (Å²) in [6.45, 7) is 0.957. The van der Waals surface area contributed by atoms with Gasteiger partial charge in [-0.1, -0.05) is 23.9 Å². The van der Waals surface area contributed by atoms with Gasteiger partial charge in [-0.15, -0.1) is 0 Å². The summed E-state index contributed by atoms with van der Waals surface area (Å²) in [4.78, 5) is 1.39. The van der Waals surface area contributed by atoms with E-state index in [1.807, 2.05) is 12.1 Å². The normalized spacial score (nSPS) is 11.2. The Bertz CT molecular complexity index is 1020. The van der Waals surface area contributed by atoms with Crippen LogP contribution in [0.3, 0.4) is 0 Å². The monoisotopic (exact) mass is 431 g/mol. The van der Waals surface area contributed by atoms with Crippen LogP contribution in [0, 0.1) is 22.7 Å². The molecule has 9 heteroatoms. The molecule has 2 aromatic carbocycles. The lowest BCUT2D eigenvalue weighted by Gasteiger charge is -2.21. The van der Waals surface area contributed by atoms with Crippen LogP contribution in [-0.2, 0) is 19.5 Å². The molecule has 7 nitrogen and oxygen atoms in total. The van der Waals surface area contributed by atoms with Gasteiger partial charge in [-0.2, -0.15) is 14.8 Å². The Morgan fingerprint density at radius 3 is 2.24 bits per heavy atom. The molecule has 0 bridgehead atoms. The molecule has 2 aromatic rings. The van der Waals surface area contributed by atoms with Gasteiger partial charge >= 0.3 is 0 Å². The van der Waals surface area contributed by atoms with Crippen LogP contribution >= 0.6 is 11.8 Å². The van der Waals surface area contributed by atoms with Crippen LogP contribution in [0.15, 0.2) is 57.2 Å². The van der Waals surface area contributed by atoms with Crippen molar-refractivity contribution < 1.29 is 17.9 Å². The van der Waals surface area contributed by atoms with Crippen molar-refractivity contribution in [1.29, 1.82) is 10.5 Å². The number of ether oxygens (including phenoxy) is 2. The van der Waals surface area contributed by atoms with Crippen molar-refractivity contribution in [1.82, 2.24) is 4.31 Å². The molecule has 0 saturated heterocycles. The minimum atomic E-state index is -3.75. The van der Waals surface area contributed by atoms with Crippen molar-refractivity contribution >= 4 is 21.8 Å². The molecule has 152 valence electrons. The maximum atomic E-state index is 13.1. The van der Waals surface area contributed by atoms with Crippen LogP contribution < -0.4 is 0 Å². The van der Waals surface area contributed by atoms with Gasteiger partial charge in [0, 0.05) is 37.1 Å². The van der Waals surface area contributed by atoms with Gasteiger partial charge in [0.05, 0.1) is 29.2 Å². The predicted octanol–water partition coefficient (Wildman–Crippen LogP) is 2.86. The topological polar surface area (TPSA) is 103 Å². The summed E-state index contributed by atoms with van der Waals surface area (Å²) in [6, 6.07) is 15.6. The van der Waals surface area contributed by atoms with E-state index in [-0.39, 0.29) is 42.3 Å². The van der Waals surface area contributed by atoms with Crippen LogP contribution in [-0.4, -0.2) is 53.2 Å². The van der Waals surface area contributed by atoms with Gasteiger partial charge in [0.1, 0.15) is 12.1 Å². The highest BCUT2D eigenvalue weighted by atomic mass is 32.2. The number of methoxy groups -OCH3 is 2. The number of nitrogens with zero attached hydrogens (tertiary/aromatic N) is 3. The van der Waals surface area contributed by atoms with Crippen molar-refractivity contribution in [2.45, 2.75) is 14.7 Å². The highest BCUT2D eigenvalue weighted by molar-refractivity contribution is 7.99. The third-order valence-corrected chi connectivity index (χ3v) is 6.96. The summed E-state index contributed by atoms with van der Waals surface area (Å²) < 4.78 is 37.5. The maximum absolute atomic E-state index is 13.1. The Morgan fingerprint density at radius 2 is 1.66 bits per heavy atom. The van der Waals surface area contributed by atoms with Crippen molar-refractivity contribution in [2.75, 3.05) is 40.5 Å². The molecule has 0 aliphatic carbocycles. The molecule has 0 unspecified atom stereocenters. The first-order chi connectivity index (χ1) is 14.0. The van der Waals surface area contributed by atoms with E-state index >= 15 is 0 Å². The lowest BCUT2D eigenvalue weighted by molar-refractivity contribution is 0.150. The average Bonchev–Trinajstić information content (AvgIpc) is 2.73. The second-order valence-electron chi connectivity index (χ2n) is 5.87. The predicted molar refractivity (Wildman–Crippen MR) is 109 cm³/mol. The smallest absolute Gasteiger partial charge is 0.243 e. The molecule has 0 aliphatic heterocycles. The van der Waals surface area contributed by atoms with E-state index in [0.29, 0.717) is 9.79 Å². The van der Waals surface area contributed by atoms with E-state index in [2.05, 4.69) is 0 Å². The fourth-order valence-corrected chi connectivity index (χ4v) is 5.06. The van der Waals surface area contributed by atoms with Crippen LogP contribution in [0.25, 0.3) is 0 Å². The Labute approximate surface area is 175 Å². The van der Waals surface area contributed by atoms with E-state index in [4.69, 9.17) is 9.47 Å². The molecular formula is C20H21N3O4S2. The largest absolute Gasteiger partial charge is 0.383 e. The number of sulfonamides is 1. The zero-order chi connectivity index (χ0) is 21.3. The second-order valence-corrected chi connectivity index (χ2v) is 8.92. The summed E-state index contributed by atoms with van der Waals surface area (Å²) in [5.41, 5.74) is 0.557. The molecule has 0 amide bonds. The SMILES string of the molecule is COCCN(CCOC)S(=O)(=O)c1cccc(Sc2cccc(C#N)c2C#N)c1. The Kier molecular flexibility index (Phi) is 8.65. The highest BCUT2D eigenvalue weighted by Crippen LogP contribution is 2.33. The van der Waals surface area contributed by atoms with Crippen LogP contribution in [0.5, 0.6) is 0 Å². The van der Waals surface area contributed by atoms with Crippen molar-refractivity contribution in [3.8, 4) is 12.1 Å². The van der Waals surface area contributed by atoms with E-state index in [1.54, 1.807) is 36.4 Å². The van der Waals surface area contributed by atoms with E-state index in [9.17, 15) is 18.9 Å². The fourth-order valence-electron chi connectivity index (χ4n) is 2.54. The van der Waals surface area contributed by atoms with Crippen LogP contribution in [0.2, 0.25) is 0 Å². The van der Waals surface area contributed by atoms with Crippen LogP contribution in [0.4, 0.5) is 0 Å². The zero-order valence-electron chi connectivity index (χ0n) is 16.2. The van der Waals surface area contributed by atoms with Gasteiger partial charge < -0.3 is 9.47 Å². The second kappa shape index (κ2) is 11.0. The first kappa shape index (κ1) is 22.9. The van der Waals surface area contributed by atoms with Gasteiger partial charge in [-0.25, -0.2) is 8.42 Å². The first-order valence-electron chi connectivity index (χ1n) is 8.67. The summed E-state index contributed by atoms with van der Waals surface area (Å²) in [5.74, 6) is 0. The lowest BCUT2D eigenvalue weighted by atomic mass is 10.1. The molecule has 0 aliphatic rings. The van der Waals surface area contributed by atoms with Gasteiger partial charge in [0.2, 0.25) is 10.0 Å². The zero-order valence-corrected chi connectivity index (χ0v) is 17.8. The minimum absolute atomic E-state index is 0.143. The summed E-state index contributed by atoms with van der Waals surface area (Å²) in [6.07, 6.45) is 0. The van der Waals surface area contributed by atoms with Gasteiger partial charge in [0.25, 0.3) is 0 Å². The van der Waals surface area contributed by atoms with E-state index < -0.39 is 10.0 Å². The first-order valence-corrected chi connectivity index (χ1v) is 10.9. The average molecular weight is 432 g/mol. The molecule has 0 atom stereocenters. The third kappa shape index (κ3) is 5.80. The molecule has 0 spiro atoms. The molecule has 0 aromatic heterocycles. The fraction of sp³-hybridized carbons (Fsp3) is 0.300. The molecule has 0 heterocycles. The number of hydrogen-bond donors (Lipinski definition) is 0. The quantitative estimate of drug-likeness (QED) is 0.570. The number of benzene rings is 2. The molecule has 0 saturated carbocycles. The standard InChI is InChI=1S/C20H21N3O4S2/c1-26-11-9-23(10-12-27-2)29(24,25)18-7-4-6-17(13-18)28-20-8-3-5-16(14-21)19(20)15-22/h3-8,13H,9-12H2,1-2H3. The van der Waals surface area contributed by atoms with Gasteiger partial charge in [-0.3, -0.25) is 0 Å². The minimum Gasteiger partial charge on any atom is -0.383 e. The number of nitriles is 2. The maximum Gasteiger partial charge on any atom is 0.243 e. The van der Waals surface area contributed by atoms with Crippen molar-refractivity contribution in [2.24, 2.45) is 0 Å². The van der Waals surface area contributed by atoms with Crippen molar-refractivity contribution in [3.63, 3.8) is 0 Å². The molecule has 2 rings (SSSR count). The molecule has 0 fully saturated rings. The summed E-state index contributed by atoms with van der Waals surface area (Å²) in [7, 11) is -0.717. The molecular weight excluding hydrogens is 410 g/mol. The Balaban J connectivity index is 2.35. The summed E-state index contributed by atoms with van der Waals surface area (Å²) in [5, 5.41) is 18.6. The Hall–Kier alpha value is -2.40. The van der Waals surface area contributed by atoms with Gasteiger partial charge in [-0.05, 0) is 30.3 Å². The number of hydrogen-bond acceptors (Lipinski definition) is 7. The van der Waals surface area contributed by atoms with E-state index in [0.717, 1.165) is 0 Å². The molecule has 0 radical (unpaired) electrons. The molecule has 29 heavy (non-hydrogen) atoms. The Morgan fingerprint density at radius 1 is 1.00 bits per heavy atom. The summed E-state index contributed by atoms with van der Waals surface area (Å²) >= 11 is 1.24. The number of rotatable bonds is 10.